The second-order valence-corrected chi connectivity index (χ2v) is 5.38. The largest absolute Gasteiger partial charge is 0.493 e. The van der Waals surface area contributed by atoms with Crippen LogP contribution in [0.15, 0.2) is 35.4 Å². The number of nitrogens with one attached hydrogen (secondary N) is 1. The van der Waals surface area contributed by atoms with E-state index in [-0.39, 0.29) is 11.3 Å². The van der Waals surface area contributed by atoms with Gasteiger partial charge in [0.05, 0.1) is 32.5 Å². The Morgan fingerprint density at radius 2 is 1.81 bits per heavy atom. The SMILES string of the molecule is COc1ccc(/C=N/NC(=O)c2ccc([N+](=O)[O-])c(C)c2)c(OC)c1OC. The van der Waals surface area contributed by atoms with Gasteiger partial charge in [-0.3, -0.25) is 14.9 Å². The summed E-state index contributed by atoms with van der Waals surface area (Å²) in [5.41, 5.74) is 3.53. The van der Waals surface area contributed by atoms with Gasteiger partial charge >= 0.3 is 0 Å². The van der Waals surface area contributed by atoms with Gasteiger partial charge < -0.3 is 14.2 Å². The lowest BCUT2D eigenvalue weighted by Crippen LogP contribution is -2.18. The molecule has 2 aromatic carbocycles. The first-order chi connectivity index (χ1) is 12.9. The Hall–Kier alpha value is -3.62. The predicted molar refractivity (Wildman–Crippen MR) is 99.0 cm³/mol. The average molecular weight is 373 g/mol. The van der Waals surface area contributed by atoms with Gasteiger partial charge in [0.2, 0.25) is 5.75 Å². The van der Waals surface area contributed by atoms with Crippen LogP contribution in [0.25, 0.3) is 0 Å². The average Bonchev–Trinajstić information content (AvgIpc) is 2.66. The molecule has 0 aliphatic heterocycles. The first-order valence-corrected chi connectivity index (χ1v) is 7.80. The van der Waals surface area contributed by atoms with Crippen molar-refractivity contribution in [3.8, 4) is 17.2 Å². The summed E-state index contributed by atoms with van der Waals surface area (Å²) in [6.45, 7) is 1.56. The van der Waals surface area contributed by atoms with E-state index in [0.29, 0.717) is 28.4 Å². The van der Waals surface area contributed by atoms with E-state index >= 15 is 0 Å². The summed E-state index contributed by atoms with van der Waals surface area (Å²) in [5, 5.41) is 14.8. The van der Waals surface area contributed by atoms with E-state index in [1.54, 1.807) is 19.1 Å². The highest BCUT2D eigenvalue weighted by molar-refractivity contribution is 5.95. The highest BCUT2D eigenvalue weighted by Gasteiger charge is 2.15. The first-order valence-electron chi connectivity index (χ1n) is 7.80. The van der Waals surface area contributed by atoms with Crippen LogP contribution >= 0.6 is 0 Å². The minimum Gasteiger partial charge on any atom is -0.493 e. The number of amides is 1. The van der Waals surface area contributed by atoms with Gasteiger partial charge in [0.15, 0.2) is 11.5 Å². The van der Waals surface area contributed by atoms with Crippen LogP contribution in [0, 0.1) is 17.0 Å². The Kier molecular flexibility index (Phi) is 6.32. The number of nitro benzene ring substituents is 1. The fourth-order valence-corrected chi connectivity index (χ4v) is 2.45. The highest BCUT2D eigenvalue weighted by Crippen LogP contribution is 2.38. The number of carbonyl (C=O) groups excluding carboxylic acids is 1. The molecule has 1 amide bonds. The molecule has 0 aliphatic rings. The van der Waals surface area contributed by atoms with Crippen molar-refractivity contribution < 1.29 is 23.9 Å². The van der Waals surface area contributed by atoms with Gasteiger partial charge in [-0.05, 0) is 31.2 Å². The number of carbonyl (C=O) groups is 1. The van der Waals surface area contributed by atoms with E-state index < -0.39 is 10.8 Å². The molecule has 0 atom stereocenters. The lowest BCUT2D eigenvalue weighted by molar-refractivity contribution is -0.385. The summed E-state index contributed by atoms with van der Waals surface area (Å²) in [4.78, 5) is 22.5. The Balaban J connectivity index is 2.19. The van der Waals surface area contributed by atoms with Crippen molar-refractivity contribution in [1.82, 2.24) is 5.43 Å². The van der Waals surface area contributed by atoms with Gasteiger partial charge in [0.1, 0.15) is 0 Å². The number of benzene rings is 2. The molecule has 0 aromatic heterocycles. The summed E-state index contributed by atoms with van der Waals surface area (Å²) < 4.78 is 15.8. The molecule has 9 nitrogen and oxygen atoms in total. The number of nitrogens with zero attached hydrogens (tertiary/aromatic N) is 2. The number of methoxy groups -OCH3 is 3. The summed E-state index contributed by atoms with van der Waals surface area (Å²) in [6, 6.07) is 7.47. The van der Waals surface area contributed by atoms with Crippen LogP contribution in [-0.2, 0) is 0 Å². The molecule has 0 saturated heterocycles. The predicted octanol–water partition coefficient (Wildman–Crippen LogP) is 2.69. The summed E-state index contributed by atoms with van der Waals surface area (Å²) in [6.07, 6.45) is 1.40. The number of hydrazone groups is 1. The van der Waals surface area contributed by atoms with Crippen molar-refractivity contribution in [3.63, 3.8) is 0 Å². The molecule has 1 N–H and O–H groups in total. The molecule has 142 valence electrons. The van der Waals surface area contributed by atoms with Gasteiger partial charge in [-0.15, -0.1) is 0 Å². The van der Waals surface area contributed by atoms with Crippen LogP contribution in [0.5, 0.6) is 17.2 Å². The maximum atomic E-state index is 12.2. The van der Waals surface area contributed by atoms with Crippen molar-refractivity contribution in [3.05, 3.63) is 57.1 Å². The molecule has 0 heterocycles. The Morgan fingerprint density at radius 1 is 1.11 bits per heavy atom. The zero-order valence-electron chi connectivity index (χ0n) is 15.3. The normalized spacial score (nSPS) is 10.5. The van der Waals surface area contributed by atoms with Gasteiger partial charge in [-0.1, -0.05) is 0 Å². The zero-order valence-corrected chi connectivity index (χ0v) is 15.3. The van der Waals surface area contributed by atoms with E-state index in [1.165, 1.54) is 45.7 Å². The quantitative estimate of drug-likeness (QED) is 0.454. The molecule has 0 saturated carbocycles. The monoisotopic (exact) mass is 373 g/mol. The van der Waals surface area contributed by atoms with Crippen LogP contribution < -0.4 is 19.6 Å². The maximum Gasteiger partial charge on any atom is 0.272 e. The van der Waals surface area contributed by atoms with E-state index in [1.807, 2.05) is 0 Å². The summed E-state index contributed by atoms with van der Waals surface area (Å²) in [7, 11) is 4.48. The fraction of sp³-hybridized carbons (Fsp3) is 0.222. The maximum absolute atomic E-state index is 12.2. The number of rotatable bonds is 7. The summed E-state index contributed by atoms with van der Waals surface area (Å²) >= 11 is 0. The van der Waals surface area contributed by atoms with Gasteiger partial charge in [-0.25, -0.2) is 5.43 Å². The molecule has 0 aliphatic carbocycles. The third kappa shape index (κ3) is 4.32. The Bertz CT molecular complexity index is 895. The van der Waals surface area contributed by atoms with Crippen LogP contribution in [0.4, 0.5) is 5.69 Å². The molecular formula is C18H19N3O6. The molecule has 0 radical (unpaired) electrons. The van der Waals surface area contributed by atoms with Crippen LogP contribution in [0.3, 0.4) is 0 Å². The van der Waals surface area contributed by atoms with E-state index in [9.17, 15) is 14.9 Å². The minimum atomic E-state index is -0.501. The highest BCUT2D eigenvalue weighted by atomic mass is 16.6. The van der Waals surface area contributed by atoms with Crippen molar-refractivity contribution in [2.75, 3.05) is 21.3 Å². The topological polar surface area (TPSA) is 112 Å². The summed E-state index contributed by atoms with van der Waals surface area (Å²) in [5.74, 6) is 0.808. The molecule has 0 unspecified atom stereocenters. The molecule has 9 heteroatoms. The van der Waals surface area contributed by atoms with E-state index in [4.69, 9.17) is 14.2 Å². The molecule has 27 heavy (non-hydrogen) atoms. The van der Waals surface area contributed by atoms with Crippen LogP contribution in [0.2, 0.25) is 0 Å². The van der Waals surface area contributed by atoms with Crippen molar-refractivity contribution in [1.29, 1.82) is 0 Å². The molecule has 0 spiro atoms. The lowest BCUT2D eigenvalue weighted by Gasteiger charge is -2.13. The minimum absolute atomic E-state index is 0.0508. The van der Waals surface area contributed by atoms with Crippen LogP contribution in [-0.4, -0.2) is 38.4 Å². The standard InChI is InChI=1S/C18H19N3O6/c1-11-9-12(5-7-14(11)21(23)24)18(22)20-19-10-13-6-8-15(25-2)17(27-4)16(13)26-3/h5-10H,1-4H3,(H,20,22)/b19-10+. The Labute approximate surface area is 155 Å². The van der Waals surface area contributed by atoms with Gasteiger partial charge in [-0.2, -0.15) is 5.10 Å². The smallest absolute Gasteiger partial charge is 0.272 e. The Morgan fingerprint density at radius 3 is 2.37 bits per heavy atom. The van der Waals surface area contributed by atoms with Crippen molar-refractivity contribution in [2.24, 2.45) is 5.10 Å². The number of hydrogen-bond acceptors (Lipinski definition) is 7. The second-order valence-electron chi connectivity index (χ2n) is 5.38. The molecule has 0 fully saturated rings. The number of hydrogen-bond donors (Lipinski definition) is 1. The number of nitro groups is 1. The van der Waals surface area contributed by atoms with E-state index in [0.717, 1.165) is 0 Å². The van der Waals surface area contributed by atoms with Crippen molar-refractivity contribution >= 4 is 17.8 Å². The van der Waals surface area contributed by atoms with Crippen LogP contribution in [0.1, 0.15) is 21.5 Å². The number of aryl methyl sites for hydroxylation is 1. The third-order valence-electron chi connectivity index (χ3n) is 3.76. The lowest BCUT2D eigenvalue weighted by atomic mass is 10.1. The number of ether oxygens (including phenoxy) is 3. The van der Waals surface area contributed by atoms with Gasteiger partial charge in [0, 0.05) is 22.8 Å². The zero-order chi connectivity index (χ0) is 20.0. The second kappa shape index (κ2) is 8.65. The first kappa shape index (κ1) is 19.7. The van der Waals surface area contributed by atoms with E-state index in [2.05, 4.69) is 10.5 Å². The molecule has 2 aromatic rings. The molecular weight excluding hydrogens is 354 g/mol. The third-order valence-corrected chi connectivity index (χ3v) is 3.76. The van der Waals surface area contributed by atoms with Crippen molar-refractivity contribution in [2.45, 2.75) is 6.92 Å². The molecule has 2 rings (SSSR count). The van der Waals surface area contributed by atoms with Gasteiger partial charge in [0.25, 0.3) is 11.6 Å². The molecule has 0 bridgehead atoms. The fourth-order valence-electron chi connectivity index (χ4n) is 2.45.